The summed E-state index contributed by atoms with van der Waals surface area (Å²) in [7, 11) is 0. The lowest BCUT2D eigenvalue weighted by atomic mass is 9.33. The molecule has 4 saturated carbocycles. The number of aliphatic hydroxyl groups is 22. The number of fused-ring (bicyclic) bond motifs is 7. The number of nitrogens with one attached hydrogen (secondary N) is 2. The van der Waals surface area contributed by atoms with Gasteiger partial charge in [0.2, 0.25) is 18.1 Å². The van der Waals surface area contributed by atoms with E-state index in [0.717, 1.165) is 11.9 Å². The van der Waals surface area contributed by atoms with Crippen molar-refractivity contribution >= 4 is 30.0 Å². The summed E-state index contributed by atoms with van der Waals surface area (Å²) in [5.74, 6) is -6.68. The highest BCUT2D eigenvalue weighted by molar-refractivity contribution is 5.80. The Hall–Kier alpha value is -4.19. The molecule has 51 atom stereocenters. The number of carboxylic acids is 1. The smallest absolute Gasteiger partial charge is 0.335 e. The van der Waals surface area contributed by atoms with Crippen LogP contribution in [0.2, 0.25) is 0 Å². The topological polar surface area (TPSA) is 722 Å². The highest BCUT2D eigenvalue weighted by Crippen LogP contribution is 2.76. The van der Waals surface area contributed by atoms with Crippen LogP contribution in [-0.2, 0) is 99.8 Å². The molecule has 0 aromatic rings. The second-order valence-corrected chi connectivity index (χ2v) is 43.1. The number of carbonyl (C=O) groups excluding carboxylic acids is 4. The van der Waals surface area contributed by atoms with Gasteiger partial charge in [-0.15, -0.1) is 0 Å². The number of ether oxygens (including phenoxy) is 16. The molecule has 0 bridgehead atoms. The predicted octanol–water partition coefficient (Wildman–Crippen LogP) is -6.15. The fourth-order valence-corrected chi connectivity index (χ4v) is 24.6. The molecule has 8 heterocycles. The van der Waals surface area contributed by atoms with Crippen molar-refractivity contribution in [3.63, 3.8) is 0 Å². The average Bonchev–Trinajstić information content (AvgIpc) is 0.749. The maximum atomic E-state index is 16.4. The Labute approximate surface area is 805 Å². The summed E-state index contributed by atoms with van der Waals surface area (Å²) < 4.78 is 96.9. The second-order valence-electron chi connectivity index (χ2n) is 43.1. The normalized spacial score (nSPS) is 48.5. The molecule has 0 aromatic heterocycles. The minimum atomic E-state index is -2.27. The lowest BCUT2D eigenvalue weighted by molar-refractivity contribution is -0.391. The predicted molar refractivity (Wildman–Crippen MR) is 467 cm³/mol. The van der Waals surface area contributed by atoms with Gasteiger partial charge in [-0.1, -0.05) is 101 Å². The molecular weight excluding hydrogens is 1850 g/mol. The quantitative estimate of drug-likeness (QED) is 0.0120. The summed E-state index contributed by atoms with van der Waals surface area (Å²) in [6.45, 7) is 17.7. The highest BCUT2D eigenvalue weighted by atomic mass is 16.8. The lowest BCUT2D eigenvalue weighted by Gasteiger charge is -2.71. The molecule has 20 unspecified atom stereocenters. The number of esters is 1. The molecule has 2 amide bonds. The van der Waals surface area contributed by atoms with Gasteiger partial charge in [-0.05, 0) is 129 Å². The Morgan fingerprint density at radius 1 is 0.540 bits per heavy atom. The van der Waals surface area contributed by atoms with E-state index in [1.807, 2.05) is 41.5 Å². The van der Waals surface area contributed by atoms with Crippen LogP contribution in [0.3, 0.4) is 0 Å². The molecule has 0 spiro atoms. The van der Waals surface area contributed by atoms with Crippen LogP contribution in [0.15, 0.2) is 11.6 Å². The lowest BCUT2D eigenvalue weighted by Crippen LogP contribution is -2.70. The molecule has 5 aliphatic carbocycles. The Balaban J connectivity index is 0.754. The molecule has 25 N–H and O–H groups in total. The molecule has 13 rings (SSSR count). The zero-order valence-electron chi connectivity index (χ0n) is 80.6. The summed E-state index contributed by atoms with van der Waals surface area (Å²) in [6.07, 6.45) is -62.1. The monoisotopic (exact) mass is 2000 g/mol. The van der Waals surface area contributed by atoms with Gasteiger partial charge in [-0.2, -0.15) is 0 Å². The third-order valence-corrected chi connectivity index (χ3v) is 33.8. The molecule has 8 saturated heterocycles. The zero-order chi connectivity index (χ0) is 102. The van der Waals surface area contributed by atoms with E-state index < -0.39 is 372 Å². The number of hydrogen-bond donors (Lipinski definition) is 25. The number of hydrogen-bond acceptors (Lipinski definition) is 43. The molecular formula is C93H152N2O44. The largest absolute Gasteiger partial charge is 0.479 e. The molecule has 12 fully saturated rings. The Morgan fingerprint density at radius 3 is 1.76 bits per heavy atom. The number of amides is 2. The van der Waals surface area contributed by atoms with Crippen molar-refractivity contribution in [2.24, 2.45) is 62.1 Å². The Kier molecular flexibility index (Phi) is 36.0. The van der Waals surface area contributed by atoms with Gasteiger partial charge in [-0.25, -0.2) is 4.79 Å². The first kappa shape index (κ1) is 112. The van der Waals surface area contributed by atoms with Crippen molar-refractivity contribution in [3.8, 4) is 0 Å². The van der Waals surface area contributed by atoms with Gasteiger partial charge < -0.3 is 209 Å². The van der Waals surface area contributed by atoms with E-state index in [0.29, 0.717) is 51.4 Å². The summed E-state index contributed by atoms with van der Waals surface area (Å²) in [5.41, 5.74) is -7.82. The average molecular weight is 2000 g/mol. The highest BCUT2D eigenvalue weighted by Gasteiger charge is 2.74. The second kappa shape index (κ2) is 44.7. The summed E-state index contributed by atoms with van der Waals surface area (Å²) >= 11 is 0. The summed E-state index contributed by atoms with van der Waals surface area (Å²) in [5, 5.41) is 264. The standard InChI is InChI=1S/C93H152N2O44/c1-13-37(4)44(94-55(105)27-41(101)25-48(38(5)14-2)129-81-65(114)59(108)47(15-3)128-81)24-40(100)26-56(106)95-57-49(30-96)130-83(74(61(57)110)137-80-67(116)63(112)70(39(6)127-80)133-79-69(118)71(46(103)33-125-79)134-85-76(119)92(123,35-99)36-126-85)139-86(122)93-23-22-87(7,8)28-43(93)42-16-17-52-88(9)20-19-54(89(10,34-98)51(88)18-21-90(52,11)91(42,12)29-53(93)104)132-84-75(138-82-66(115)62(111)60(109)50(31-97)131-82)72(68(117)73(136-84)77(120)121)135-78-64(113)58(107)45(102)32-124-78/h16,34,37-41,43-54,57-76,78-85,96-97,99-104,107-119,123H,13-15,17-33,35-36H2,1-12H3,(H,94,105)(H,95,106)(H,120,121)/t37-,38-,39?,40-,41-,43?,44-,45+,46+,47-,48-,49?,50?,51+,52?,53?,54-,57-,58-,59?,60-,61?,62-,63?,64?,65?,66?,67?,68-,69?,70-,71?,72-,73?,74?,75?,76+,78-,79-,80-,81-,82-,83-,84+,85-,88?,89+,90-,91+,92?,93+/m0/s1. The zero-order valence-corrected chi connectivity index (χ0v) is 80.6. The van der Waals surface area contributed by atoms with Gasteiger partial charge in [0, 0.05) is 12.5 Å². The third kappa shape index (κ3) is 21.8. The first-order chi connectivity index (χ1) is 65.3. The number of aldehydes is 1. The van der Waals surface area contributed by atoms with Crippen LogP contribution >= 0.6 is 0 Å². The van der Waals surface area contributed by atoms with Crippen molar-refractivity contribution in [3.05, 3.63) is 11.6 Å². The number of aliphatic hydroxyl groups excluding tert-OH is 21. The Bertz CT molecular complexity index is 4130. The van der Waals surface area contributed by atoms with Crippen molar-refractivity contribution in [2.75, 3.05) is 39.6 Å². The van der Waals surface area contributed by atoms with E-state index in [4.69, 9.17) is 75.8 Å². The van der Waals surface area contributed by atoms with E-state index in [9.17, 15) is 137 Å². The molecule has 8 aliphatic heterocycles. The maximum Gasteiger partial charge on any atom is 0.335 e. The van der Waals surface area contributed by atoms with Crippen LogP contribution in [0.1, 0.15) is 186 Å². The van der Waals surface area contributed by atoms with Crippen LogP contribution in [0.5, 0.6) is 0 Å². The first-order valence-electron chi connectivity index (χ1n) is 49.0. The van der Waals surface area contributed by atoms with Crippen LogP contribution in [-0.4, -0.2) is 438 Å². The van der Waals surface area contributed by atoms with Crippen molar-refractivity contribution in [1.29, 1.82) is 0 Å². The van der Waals surface area contributed by atoms with Crippen LogP contribution in [0, 0.1) is 62.1 Å². The number of aliphatic carboxylic acids is 1. The minimum absolute atomic E-state index is 0.0123. The van der Waals surface area contributed by atoms with Crippen LogP contribution in [0.4, 0.5) is 0 Å². The third-order valence-electron chi connectivity index (χ3n) is 33.8. The fourth-order valence-electron chi connectivity index (χ4n) is 24.6. The fraction of sp³-hybridized carbons (Fsp3) is 0.925. The molecule has 46 heteroatoms. The van der Waals surface area contributed by atoms with Gasteiger partial charge in [0.15, 0.2) is 56.2 Å². The van der Waals surface area contributed by atoms with E-state index >= 15 is 4.79 Å². The van der Waals surface area contributed by atoms with Crippen molar-refractivity contribution in [2.45, 2.75) is 437 Å². The number of carbonyl (C=O) groups is 5. The number of carboxylic acid groups (broad SMARTS) is 1. The van der Waals surface area contributed by atoms with Gasteiger partial charge >= 0.3 is 11.9 Å². The number of allylic oxidation sites excluding steroid dienone is 2. The van der Waals surface area contributed by atoms with Crippen LogP contribution < -0.4 is 10.6 Å². The molecule has 46 nitrogen and oxygen atoms in total. The Morgan fingerprint density at radius 2 is 1.12 bits per heavy atom. The SMILES string of the molecule is CC[C@@H]1O[C@@H](O[C@@H](C[C@H](O)CC(=O)N[C@@H](C[C@H](O)CC(=O)N[C@H]2C(CO)O[C@@H](OC(=O)[C@]34CCC(C)(C)CC3C3=CCC5C6(C)CC[C@H](O[C@@H]7OC(C(=O)O)[C@@H](O)[C@H](O[C@@H]8OC[C@@H](O)[C@H](O)C8O)C7O[C@@H]7OC(CO)[C@H](O)[C@H](O)C7O)[C@](C)(C=O)[C@@H]6CC[C@]5(C)[C@]3(C)CC4O)C(O[C@@H]3OC(C)[C@H](O[C@@H]4OC[C@@H](O)C(O[C@@H]5OCC(O)(CO)[C@@H]5O)C4O)C(O)C3O)C2O)[C@@H](C)CC)[C@@H](C)CC)C(O)C1O. The summed E-state index contributed by atoms with van der Waals surface area (Å²) in [6, 6.07) is -2.57. The van der Waals surface area contributed by atoms with Crippen molar-refractivity contribution < 1.29 is 217 Å². The van der Waals surface area contributed by atoms with Crippen LogP contribution in [0.25, 0.3) is 0 Å². The van der Waals surface area contributed by atoms with E-state index in [1.54, 1.807) is 20.8 Å². The maximum absolute atomic E-state index is 16.4. The number of rotatable bonds is 36. The van der Waals surface area contributed by atoms with Gasteiger partial charge in [0.05, 0.1) is 107 Å². The van der Waals surface area contributed by atoms with Gasteiger partial charge in [0.25, 0.3) is 0 Å². The van der Waals surface area contributed by atoms with E-state index in [-0.39, 0.29) is 56.3 Å². The molecule has 798 valence electrons. The minimum Gasteiger partial charge on any atom is -0.479 e. The molecule has 13 aliphatic rings. The molecule has 0 radical (unpaired) electrons. The van der Waals surface area contributed by atoms with E-state index in [2.05, 4.69) is 30.6 Å². The van der Waals surface area contributed by atoms with Gasteiger partial charge in [-0.3, -0.25) is 14.4 Å². The first-order valence-corrected chi connectivity index (χ1v) is 49.0. The molecule has 0 aromatic carbocycles. The summed E-state index contributed by atoms with van der Waals surface area (Å²) in [4.78, 5) is 72.5. The van der Waals surface area contributed by atoms with E-state index in [1.165, 1.54) is 6.92 Å². The van der Waals surface area contributed by atoms with Crippen molar-refractivity contribution in [1.82, 2.24) is 10.6 Å². The molecule has 139 heavy (non-hydrogen) atoms. The van der Waals surface area contributed by atoms with Gasteiger partial charge in [0.1, 0.15) is 145 Å².